The zero-order chi connectivity index (χ0) is 25.0. The Bertz CT molecular complexity index is 1250. The number of carbonyl (C=O) groups excluding carboxylic acids is 1. The Kier molecular flexibility index (Phi) is 7.38. The number of nitriles is 1. The monoisotopic (exact) mass is 518 g/mol. The minimum absolute atomic E-state index is 0.0811. The number of hydrogen-bond donors (Lipinski definition) is 2. The van der Waals surface area contributed by atoms with Crippen LogP contribution in [0.3, 0.4) is 0 Å². The third-order valence-electron chi connectivity index (χ3n) is 4.06. The fraction of sp³-hybridized carbons (Fsp3) is 0.222. The fourth-order valence-electron chi connectivity index (χ4n) is 2.56. The highest BCUT2D eigenvalue weighted by Crippen LogP contribution is 2.38. The molecular formula is C18H12Cl2F4N8O2. The van der Waals surface area contributed by atoms with Crippen molar-refractivity contribution in [1.82, 2.24) is 30.0 Å². The molecule has 1 aromatic carbocycles. The number of alkyl halides is 4. The molecule has 0 aliphatic carbocycles. The van der Waals surface area contributed by atoms with Crippen LogP contribution < -0.4 is 15.4 Å². The van der Waals surface area contributed by atoms with E-state index in [0.717, 1.165) is 18.5 Å². The number of rotatable bonds is 7. The second-order valence-electron chi connectivity index (χ2n) is 6.45. The first-order chi connectivity index (χ1) is 16.0. The molecule has 2 aromatic heterocycles. The van der Waals surface area contributed by atoms with Crippen molar-refractivity contribution in [3.8, 4) is 17.6 Å². The van der Waals surface area contributed by atoms with E-state index < -0.39 is 35.4 Å². The maximum atomic E-state index is 13.3. The summed E-state index contributed by atoms with van der Waals surface area (Å²) in [7, 11) is 0. The van der Waals surface area contributed by atoms with Crippen LogP contribution in [0.15, 0.2) is 30.9 Å². The van der Waals surface area contributed by atoms with Crippen LogP contribution >= 0.6 is 23.2 Å². The number of ether oxygens (including phenoxy) is 1. The molecule has 2 amide bonds. The van der Waals surface area contributed by atoms with Gasteiger partial charge in [-0.3, -0.25) is 0 Å². The number of anilines is 1. The summed E-state index contributed by atoms with van der Waals surface area (Å²) >= 11 is 11.7. The van der Waals surface area contributed by atoms with Crippen LogP contribution in [0.1, 0.15) is 24.5 Å². The lowest BCUT2D eigenvalue weighted by Gasteiger charge is -2.19. The second kappa shape index (κ2) is 10.1. The summed E-state index contributed by atoms with van der Waals surface area (Å²) in [5, 5.41) is 17.1. The standard InChI is InChI=1S/C18H12Cl2F4N8O2/c1-8(15-28-7-29-32(15)14-2-9(5-25)26-6-27-14)30-17(33)31-12-4-13(11(20)3-10(12)19)34-18(23,24)16(21)22/h2-4,6-8,16H,1H3,(H2,30,31,33)/t8-/m0/s1. The number of halogens is 6. The summed E-state index contributed by atoms with van der Waals surface area (Å²) in [4.78, 5) is 24.3. The highest BCUT2D eigenvalue weighted by Gasteiger charge is 2.44. The number of hydrogen-bond acceptors (Lipinski definition) is 7. The molecule has 34 heavy (non-hydrogen) atoms. The predicted octanol–water partition coefficient (Wildman–Crippen LogP) is 4.36. The number of aromatic nitrogens is 5. The van der Waals surface area contributed by atoms with Crippen LogP contribution in [0, 0.1) is 11.3 Å². The smallest absolute Gasteiger partial charge is 0.427 e. The van der Waals surface area contributed by atoms with E-state index in [0.29, 0.717) is 0 Å². The molecule has 0 saturated heterocycles. The first kappa shape index (κ1) is 24.9. The quantitative estimate of drug-likeness (QED) is 0.444. The Hall–Kier alpha value is -3.70. The third-order valence-corrected chi connectivity index (χ3v) is 4.67. The van der Waals surface area contributed by atoms with Gasteiger partial charge in [-0.25, -0.2) is 19.7 Å². The number of nitrogens with one attached hydrogen (secondary N) is 2. The average molecular weight is 519 g/mol. The van der Waals surface area contributed by atoms with Crippen molar-refractivity contribution in [1.29, 1.82) is 5.26 Å². The molecule has 1 atom stereocenters. The lowest BCUT2D eigenvalue weighted by atomic mass is 10.3. The number of amides is 2. The maximum absolute atomic E-state index is 13.3. The van der Waals surface area contributed by atoms with E-state index in [-0.39, 0.29) is 28.0 Å². The van der Waals surface area contributed by atoms with Crippen molar-refractivity contribution < 1.29 is 27.1 Å². The average Bonchev–Trinajstić information content (AvgIpc) is 3.27. The minimum Gasteiger partial charge on any atom is -0.427 e. The molecular weight excluding hydrogens is 507 g/mol. The van der Waals surface area contributed by atoms with Crippen molar-refractivity contribution in [2.24, 2.45) is 0 Å². The zero-order valence-electron chi connectivity index (χ0n) is 16.8. The Balaban J connectivity index is 1.76. The van der Waals surface area contributed by atoms with E-state index >= 15 is 0 Å². The van der Waals surface area contributed by atoms with Gasteiger partial charge in [0.15, 0.2) is 11.6 Å². The largest absolute Gasteiger partial charge is 0.461 e. The molecule has 0 aliphatic heterocycles. The molecule has 0 bridgehead atoms. The molecule has 0 saturated carbocycles. The van der Waals surface area contributed by atoms with Crippen LogP contribution in [0.25, 0.3) is 5.82 Å². The van der Waals surface area contributed by atoms with E-state index in [4.69, 9.17) is 28.5 Å². The number of benzene rings is 1. The molecule has 2 heterocycles. The highest BCUT2D eigenvalue weighted by molar-refractivity contribution is 6.37. The Morgan fingerprint density at radius 2 is 1.91 bits per heavy atom. The second-order valence-corrected chi connectivity index (χ2v) is 7.26. The Morgan fingerprint density at radius 3 is 2.59 bits per heavy atom. The summed E-state index contributed by atoms with van der Waals surface area (Å²) in [5.74, 6) is -0.382. The fourth-order valence-corrected chi connectivity index (χ4v) is 3.03. The summed E-state index contributed by atoms with van der Waals surface area (Å²) in [5.41, 5.74) is -0.163. The summed E-state index contributed by atoms with van der Waals surface area (Å²) in [6, 6.07) is 3.29. The summed E-state index contributed by atoms with van der Waals surface area (Å²) < 4.78 is 56.6. The number of urea groups is 1. The Labute approximate surface area is 198 Å². The van der Waals surface area contributed by atoms with Gasteiger partial charge >= 0.3 is 18.6 Å². The molecule has 0 fully saturated rings. The molecule has 3 aromatic rings. The number of nitrogens with zero attached hydrogens (tertiary/aromatic N) is 6. The van der Waals surface area contributed by atoms with E-state index in [1.165, 1.54) is 17.1 Å². The van der Waals surface area contributed by atoms with Gasteiger partial charge in [0.25, 0.3) is 0 Å². The van der Waals surface area contributed by atoms with Crippen LogP contribution in [0.2, 0.25) is 10.0 Å². The van der Waals surface area contributed by atoms with Crippen molar-refractivity contribution in [2.45, 2.75) is 25.5 Å². The van der Waals surface area contributed by atoms with Gasteiger partial charge in [-0.1, -0.05) is 23.2 Å². The lowest BCUT2D eigenvalue weighted by Crippen LogP contribution is -2.34. The van der Waals surface area contributed by atoms with Crippen molar-refractivity contribution >= 4 is 34.9 Å². The van der Waals surface area contributed by atoms with Gasteiger partial charge in [-0.2, -0.15) is 32.6 Å². The molecule has 0 spiro atoms. The molecule has 2 N–H and O–H groups in total. The first-order valence-corrected chi connectivity index (χ1v) is 9.81. The minimum atomic E-state index is -4.82. The molecule has 10 nitrogen and oxygen atoms in total. The van der Waals surface area contributed by atoms with Gasteiger partial charge in [0.1, 0.15) is 30.2 Å². The summed E-state index contributed by atoms with van der Waals surface area (Å²) in [6.07, 6.45) is -6.58. The zero-order valence-corrected chi connectivity index (χ0v) is 18.3. The van der Waals surface area contributed by atoms with Crippen LogP contribution in [0.5, 0.6) is 5.75 Å². The van der Waals surface area contributed by atoms with E-state index in [1.54, 1.807) is 6.92 Å². The van der Waals surface area contributed by atoms with Gasteiger partial charge in [0, 0.05) is 12.1 Å². The van der Waals surface area contributed by atoms with Gasteiger partial charge in [-0.15, -0.1) is 0 Å². The third kappa shape index (κ3) is 5.61. The normalized spacial score (nSPS) is 12.2. The first-order valence-electron chi connectivity index (χ1n) is 9.05. The lowest BCUT2D eigenvalue weighted by molar-refractivity contribution is -0.253. The van der Waals surface area contributed by atoms with Gasteiger partial charge in [-0.05, 0) is 13.0 Å². The number of carbonyl (C=O) groups is 1. The molecule has 0 aliphatic rings. The molecule has 0 unspecified atom stereocenters. The highest BCUT2D eigenvalue weighted by atomic mass is 35.5. The Morgan fingerprint density at radius 1 is 1.18 bits per heavy atom. The molecule has 0 radical (unpaired) electrons. The topological polar surface area (TPSA) is 131 Å². The molecule has 16 heteroatoms. The van der Waals surface area contributed by atoms with Crippen LogP contribution in [-0.4, -0.2) is 43.3 Å². The van der Waals surface area contributed by atoms with E-state index in [1.807, 2.05) is 6.07 Å². The van der Waals surface area contributed by atoms with Crippen LogP contribution in [0.4, 0.5) is 28.0 Å². The van der Waals surface area contributed by atoms with Gasteiger partial charge in [0.05, 0.1) is 21.8 Å². The van der Waals surface area contributed by atoms with Gasteiger partial charge < -0.3 is 15.4 Å². The predicted molar refractivity (Wildman–Crippen MR) is 110 cm³/mol. The molecule has 3 rings (SSSR count). The van der Waals surface area contributed by atoms with Crippen LogP contribution in [-0.2, 0) is 0 Å². The maximum Gasteiger partial charge on any atom is 0.461 e. The molecule has 178 valence electrons. The van der Waals surface area contributed by atoms with Gasteiger partial charge in [0.2, 0.25) is 0 Å². The van der Waals surface area contributed by atoms with Crippen molar-refractivity contribution in [3.63, 3.8) is 0 Å². The van der Waals surface area contributed by atoms with Crippen molar-refractivity contribution in [2.75, 3.05) is 5.32 Å². The van der Waals surface area contributed by atoms with E-state index in [2.05, 4.69) is 35.4 Å². The summed E-state index contributed by atoms with van der Waals surface area (Å²) in [6.45, 7) is 1.55. The van der Waals surface area contributed by atoms with E-state index in [9.17, 15) is 22.4 Å². The SMILES string of the molecule is C[C@H](NC(=O)Nc1cc(OC(F)(F)C(F)F)c(Cl)cc1Cl)c1ncnn1-c1cc(C#N)ncn1. The van der Waals surface area contributed by atoms with Crippen molar-refractivity contribution in [3.05, 3.63) is 52.4 Å².